The van der Waals surface area contributed by atoms with Crippen LogP contribution in [0.15, 0.2) is 0 Å². The Balaban J connectivity index is 2.80. The Morgan fingerprint density at radius 3 is 2.69 bits per heavy atom. The molecule has 1 aliphatic heterocycles. The highest BCUT2D eigenvalue weighted by Crippen LogP contribution is 2.18. The van der Waals surface area contributed by atoms with Gasteiger partial charge in [0.1, 0.15) is 6.04 Å². The van der Waals surface area contributed by atoms with E-state index in [4.69, 9.17) is 0 Å². The van der Waals surface area contributed by atoms with Crippen LogP contribution < -0.4 is 0 Å². The number of esters is 1. The average molecular weight is 228 g/mol. The van der Waals surface area contributed by atoms with Crippen molar-refractivity contribution in [1.82, 2.24) is 9.80 Å². The van der Waals surface area contributed by atoms with Gasteiger partial charge in [-0.05, 0) is 13.5 Å². The first-order chi connectivity index (χ1) is 7.51. The lowest BCUT2D eigenvalue weighted by Crippen LogP contribution is -2.60. The van der Waals surface area contributed by atoms with Gasteiger partial charge >= 0.3 is 5.97 Å². The largest absolute Gasteiger partial charge is 0.469 e. The highest BCUT2D eigenvalue weighted by atomic mass is 16.5. The van der Waals surface area contributed by atoms with Crippen LogP contribution in [0.4, 0.5) is 0 Å². The van der Waals surface area contributed by atoms with Gasteiger partial charge in [-0.15, -0.1) is 0 Å². The summed E-state index contributed by atoms with van der Waals surface area (Å²) >= 11 is 0. The molecular formula is C11H20N2O3. The van der Waals surface area contributed by atoms with Crippen LogP contribution in [0.5, 0.6) is 0 Å². The monoisotopic (exact) mass is 228 g/mol. The average Bonchev–Trinajstić information content (AvgIpc) is 2.25. The summed E-state index contributed by atoms with van der Waals surface area (Å²) in [6.45, 7) is 5.54. The number of piperazine rings is 1. The Morgan fingerprint density at radius 2 is 2.19 bits per heavy atom. The summed E-state index contributed by atoms with van der Waals surface area (Å²) < 4.78 is 4.63. The summed E-state index contributed by atoms with van der Waals surface area (Å²) in [5.41, 5.74) is 0. The summed E-state index contributed by atoms with van der Waals surface area (Å²) in [5.74, 6) is -0.329. The number of hydrogen-bond donors (Lipinski definition) is 0. The maximum atomic E-state index is 12.0. The van der Waals surface area contributed by atoms with Gasteiger partial charge in [-0.3, -0.25) is 14.5 Å². The molecule has 0 spiro atoms. The van der Waals surface area contributed by atoms with Crippen molar-refractivity contribution >= 4 is 11.9 Å². The first kappa shape index (κ1) is 13.0. The van der Waals surface area contributed by atoms with E-state index in [1.54, 1.807) is 11.9 Å². The van der Waals surface area contributed by atoms with Crippen molar-refractivity contribution in [1.29, 1.82) is 0 Å². The molecule has 0 radical (unpaired) electrons. The molecule has 92 valence electrons. The topological polar surface area (TPSA) is 49.9 Å². The molecule has 5 heteroatoms. The third-order valence-electron chi connectivity index (χ3n) is 3.12. The predicted molar refractivity (Wildman–Crippen MR) is 59.9 cm³/mol. The molecule has 0 saturated carbocycles. The third kappa shape index (κ3) is 2.52. The van der Waals surface area contributed by atoms with Crippen molar-refractivity contribution in [2.75, 3.05) is 27.2 Å². The first-order valence-electron chi connectivity index (χ1n) is 5.58. The number of carbonyl (C=O) groups excluding carboxylic acids is 2. The zero-order valence-corrected chi connectivity index (χ0v) is 10.4. The van der Waals surface area contributed by atoms with E-state index in [0.29, 0.717) is 6.54 Å². The Morgan fingerprint density at radius 1 is 1.56 bits per heavy atom. The summed E-state index contributed by atoms with van der Waals surface area (Å²) in [6, 6.07) is -0.0893. The van der Waals surface area contributed by atoms with Crippen LogP contribution >= 0.6 is 0 Å². The van der Waals surface area contributed by atoms with Crippen LogP contribution in [0.25, 0.3) is 0 Å². The molecule has 1 rings (SSSR count). The Kier molecular flexibility index (Phi) is 4.29. The number of carbonyl (C=O) groups is 2. The number of methoxy groups -OCH3 is 1. The van der Waals surface area contributed by atoms with E-state index >= 15 is 0 Å². The minimum atomic E-state index is -0.369. The van der Waals surface area contributed by atoms with Crippen molar-refractivity contribution in [3.8, 4) is 0 Å². The van der Waals surface area contributed by atoms with E-state index in [1.165, 1.54) is 7.11 Å². The van der Waals surface area contributed by atoms with Crippen molar-refractivity contribution in [2.45, 2.75) is 32.4 Å². The lowest BCUT2D eigenvalue weighted by Gasteiger charge is -2.42. The van der Waals surface area contributed by atoms with Crippen LogP contribution in [0.1, 0.15) is 20.3 Å². The molecule has 1 saturated heterocycles. The predicted octanol–water partition coefficient (Wildman–Crippen LogP) is 0.101. The molecule has 2 atom stereocenters. The van der Waals surface area contributed by atoms with E-state index in [9.17, 15) is 9.59 Å². The van der Waals surface area contributed by atoms with Crippen LogP contribution in [0.2, 0.25) is 0 Å². The fraction of sp³-hybridized carbons (Fsp3) is 0.818. The minimum absolute atomic E-state index is 0.00495. The fourth-order valence-corrected chi connectivity index (χ4v) is 2.27. The highest BCUT2D eigenvalue weighted by molar-refractivity contribution is 5.87. The second-order valence-electron chi connectivity index (χ2n) is 4.19. The molecule has 1 fully saturated rings. The third-order valence-corrected chi connectivity index (χ3v) is 3.12. The van der Waals surface area contributed by atoms with Crippen molar-refractivity contribution in [3.05, 3.63) is 0 Å². The maximum Gasteiger partial charge on any atom is 0.307 e. The maximum absolute atomic E-state index is 12.0. The standard InChI is InChI=1S/C11H20N2O3/c1-5-13-8(2)7-12(3)11(15)9(13)6-10(14)16-4/h8-9H,5-7H2,1-4H3. The van der Waals surface area contributed by atoms with Gasteiger partial charge < -0.3 is 9.64 Å². The summed E-state index contributed by atoms with van der Waals surface area (Å²) in [4.78, 5) is 27.0. The molecule has 0 aromatic rings. The molecule has 0 aromatic heterocycles. The van der Waals surface area contributed by atoms with Crippen molar-refractivity contribution < 1.29 is 14.3 Å². The SMILES string of the molecule is CCN1C(C)CN(C)C(=O)C1CC(=O)OC. The Hall–Kier alpha value is -1.10. The molecule has 1 heterocycles. The molecular weight excluding hydrogens is 208 g/mol. The van der Waals surface area contributed by atoms with E-state index in [-0.39, 0.29) is 30.4 Å². The zero-order chi connectivity index (χ0) is 12.3. The molecule has 0 aromatic carbocycles. The van der Waals surface area contributed by atoms with Crippen LogP contribution in [0, 0.1) is 0 Å². The van der Waals surface area contributed by atoms with Crippen LogP contribution in [-0.2, 0) is 14.3 Å². The van der Waals surface area contributed by atoms with E-state index < -0.39 is 0 Å². The molecule has 1 aliphatic rings. The molecule has 2 unspecified atom stereocenters. The van der Waals surface area contributed by atoms with Crippen molar-refractivity contribution in [3.63, 3.8) is 0 Å². The number of ether oxygens (including phenoxy) is 1. The van der Waals surface area contributed by atoms with E-state index in [0.717, 1.165) is 6.54 Å². The second kappa shape index (κ2) is 5.30. The normalized spacial score (nSPS) is 27.0. The first-order valence-corrected chi connectivity index (χ1v) is 5.58. The second-order valence-corrected chi connectivity index (χ2v) is 4.19. The number of likely N-dealkylation sites (N-methyl/N-ethyl adjacent to an activating group) is 2. The van der Waals surface area contributed by atoms with Gasteiger partial charge in [-0.1, -0.05) is 6.92 Å². The van der Waals surface area contributed by atoms with Crippen molar-refractivity contribution in [2.24, 2.45) is 0 Å². The lowest BCUT2D eigenvalue weighted by atomic mass is 10.0. The van der Waals surface area contributed by atoms with Gasteiger partial charge in [0.05, 0.1) is 13.5 Å². The molecule has 0 bridgehead atoms. The molecule has 16 heavy (non-hydrogen) atoms. The molecule has 0 aliphatic carbocycles. The van der Waals surface area contributed by atoms with Crippen LogP contribution in [-0.4, -0.2) is 61.0 Å². The van der Waals surface area contributed by atoms with Gasteiger partial charge in [0.25, 0.3) is 0 Å². The highest BCUT2D eigenvalue weighted by Gasteiger charge is 2.37. The van der Waals surface area contributed by atoms with Crippen LogP contribution in [0.3, 0.4) is 0 Å². The van der Waals surface area contributed by atoms with Gasteiger partial charge in [-0.2, -0.15) is 0 Å². The van der Waals surface area contributed by atoms with Gasteiger partial charge in [0.15, 0.2) is 0 Å². The molecule has 1 amide bonds. The Bertz CT molecular complexity index is 280. The van der Waals surface area contributed by atoms with Gasteiger partial charge in [0.2, 0.25) is 5.91 Å². The van der Waals surface area contributed by atoms with E-state index in [2.05, 4.69) is 16.6 Å². The summed E-state index contributed by atoms with van der Waals surface area (Å²) in [5, 5.41) is 0. The quantitative estimate of drug-likeness (QED) is 0.643. The number of hydrogen-bond acceptors (Lipinski definition) is 4. The fourth-order valence-electron chi connectivity index (χ4n) is 2.27. The number of rotatable bonds is 3. The van der Waals surface area contributed by atoms with E-state index in [1.807, 2.05) is 6.92 Å². The zero-order valence-electron chi connectivity index (χ0n) is 10.4. The Labute approximate surface area is 96.3 Å². The van der Waals surface area contributed by atoms with Gasteiger partial charge in [-0.25, -0.2) is 0 Å². The number of nitrogens with zero attached hydrogens (tertiary/aromatic N) is 2. The molecule has 0 N–H and O–H groups in total. The molecule has 5 nitrogen and oxygen atoms in total. The lowest BCUT2D eigenvalue weighted by molar-refractivity contribution is -0.151. The smallest absolute Gasteiger partial charge is 0.307 e. The summed E-state index contributed by atoms with van der Waals surface area (Å²) in [6.07, 6.45) is 0.137. The summed E-state index contributed by atoms with van der Waals surface area (Å²) in [7, 11) is 3.12. The van der Waals surface area contributed by atoms with Gasteiger partial charge in [0, 0.05) is 19.6 Å². The minimum Gasteiger partial charge on any atom is -0.469 e. The number of amides is 1.